The fourth-order valence-electron chi connectivity index (χ4n) is 4.04. The van der Waals surface area contributed by atoms with Crippen LogP contribution in [0.2, 0.25) is 5.15 Å². The highest BCUT2D eigenvalue weighted by atomic mass is 35.5. The number of halogens is 1. The number of Topliss-reactive ketones (excluding diaryl/α,β-unsaturated/α-hetero) is 1. The number of benzene rings is 1. The van der Waals surface area contributed by atoms with E-state index >= 15 is 0 Å². The fraction of sp³-hybridized carbons (Fsp3) is 0.381. The number of nitrogens with zero attached hydrogens (tertiary/aromatic N) is 3. The number of hydrogen-bond donors (Lipinski definition) is 0. The van der Waals surface area contributed by atoms with Crippen molar-refractivity contribution >= 4 is 28.4 Å². The Kier molecular flexibility index (Phi) is 4.25. The first-order chi connectivity index (χ1) is 13.8. The highest BCUT2D eigenvalue weighted by molar-refractivity contribution is 6.33. The first kappa shape index (κ1) is 18.7. The molecule has 0 bridgehead atoms. The standard InChI is InChI=1S/C21H20ClN3O4/c1-11-4-6-12(7-5-11)14(26)15-16-17(29-21(2,3)28-16)20(27-15)25-9-8-13-18(22)23-10-24-19(13)25/h4-10,15-17,20H,1-3H3/t15-,16-,17-,20-/m1/s1. The van der Waals surface area contributed by atoms with Crippen LogP contribution in [0.25, 0.3) is 11.0 Å². The van der Waals surface area contributed by atoms with Crippen molar-refractivity contribution in [2.24, 2.45) is 0 Å². The smallest absolute Gasteiger partial charge is 0.194 e. The van der Waals surface area contributed by atoms with Crippen molar-refractivity contribution in [1.82, 2.24) is 14.5 Å². The van der Waals surface area contributed by atoms with Crippen LogP contribution in [0.15, 0.2) is 42.9 Å². The predicted molar refractivity (Wildman–Crippen MR) is 106 cm³/mol. The average Bonchev–Trinajstić information content (AvgIpc) is 3.33. The molecule has 29 heavy (non-hydrogen) atoms. The molecule has 0 spiro atoms. The van der Waals surface area contributed by atoms with Gasteiger partial charge in [0.05, 0.1) is 5.39 Å². The number of ether oxygens (including phenoxy) is 3. The van der Waals surface area contributed by atoms with E-state index in [-0.39, 0.29) is 5.78 Å². The first-order valence-corrected chi connectivity index (χ1v) is 9.81. The largest absolute Gasteiger partial charge is 0.341 e. The number of rotatable bonds is 3. The number of carbonyl (C=O) groups excluding carboxylic acids is 1. The van der Waals surface area contributed by atoms with Gasteiger partial charge in [0.1, 0.15) is 29.3 Å². The second-order valence-electron chi connectivity index (χ2n) is 7.87. The van der Waals surface area contributed by atoms with Crippen molar-refractivity contribution in [3.8, 4) is 0 Å². The molecule has 0 radical (unpaired) electrons. The molecular formula is C21H20ClN3O4. The molecular weight excluding hydrogens is 394 g/mol. The summed E-state index contributed by atoms with van der Waals surface area (Å²) < 4.78 is 20.3. The Morgan fingerprint density at radius 2 is 1.83 bits per heavy atom. The molecule has 2 aliphatic rings. The van der Waals surface area contributed by atoms with Gasteiger partial charge in [-0.2, -0.15) is 0 Å². The molecule has 8 heteroatoms. The van der Waals surface area contributed by atoms with E-state index in [0.29, 0.717) is 21.7 Å². The van der Waals surface area contributed by atoms with Gasteiger partial charge in [-0.1, -0.05) is 41.4 Å². The second kappa shape index (κ2) is 6.60. The van der Waals surface area contributed by atoms with Crippen molar-refractivity contribution in [3.05, 3.63) is 59.1 Å². The Morgan fingerprint density at radius 3 is 2.59 bits per heavy atom. The van der Waals surface area contributed by atoms with Crippen LogP contribution < -0.4 is 0 Å². The minimum Gasteiger partial charge on any atom is -0.341 e. The monoisotopic (exact) mass is 413 g/mol. The average molecular weight is 414 g/mol. The number of aromatic nitrogens is 3. The molecule has 0 unspecified atom stereocenters. The summed E-state index contributed by atoms with van der Waals surface area (Å²) in [7, 11) is 0. The normalized spacial score (nSPS) is 28.0. The van der Waals surface area contributed by atoms with Gasteiger partial charge in [-0.05, 0) is 26.8 Å². The fourth-order valence-corrected chi connectivity index (χ4v) is 4.23. The molecule has 2 aromatic heterocycles. The second-order valence-corrected chi connectivity index (χ2v) is 8.23. The van der Waals surface area contributed by atoms with Crippen LogP contribution in [-0.4, -0.2) is 44.4 Å². The van der Waals surface area contributed by atoms with Crippen LogP contribution in [0.4, 0.5) is 0 Å². The Morgan fingerprint density at radius 1 is 1.10 bits per heavy atom. The van der Waals surface area contributed by atoms with Crippen molar-refractivity contribution < 1.29 is 19.0 Å². The summed E-state index contributed by atoms with van der Waals surface area (Å²) in [5.74, 6) is -0.952. The van der Waals surface area contributed by atoms with Crippen LogP contribution in [0, 0.1) is 6.92 Å². The number of carbonyl (C=O) groups is 1. The third-order valence-corrected chi connectivity index (χ3v) is 5.66. The number of fused-ring (bicyclic) bond motifs is 2. The molecule has 2 aliphatic heterocycles. The van der Waals surface area contributed by atoms with Crippen molar-refractivity contribution in [2.45, 2.75) is 51.1 Å². The molecule has 0 saturated carbocycles. The van der Waals surface area contributed by atoms with Gasteiger partial charge in [-0.3, -0.25) is 4.79 Å². The van der Waals surface area contributed by atoms with Crippen molar-refractivity contribution in [1.29, 1.82) is 0 Å². The van der Waals surface area contributed by atoms with Gasteiger partial charge >= 0.3 is 0 Å². The Bertz CT molecular complexity index is 1100. The quantitative estimate of drug-likeness (QED) is 0.481. The molecule has 2 saturated heterocycles. The van der Waals surface area contributed by atoms with E-state index in [1.54, 1.807) is 0 Å². The van der Waals surface area contributed by atoms with Crippen molar-refractivity contribution in [2.75, 3.05) is 0 Å². The molecule has 2 fully saturated rings. The zero-order valence-electron chi connectivity index (χ0n) is 16.2. The van der Waals surface area contributed by atoms with Gasteiger partial charge in [0.25, 0.3) is 0 Å². The molecule has 4 heterocycles. The molecule has 0 amide bonds. The zero-order chi connectivity index (χ0) is 20.3. The van der Waals surface area contributed by atoms with E-state index in [9.17, 15) is 4.79 Å². The summed E-state index contributed by atoms with van der Waals surface area (Å²) in [6, 6.07) is 9.26. The minimum atomic E-state index is -0.821. The van der Waals surface area contributed by atoms with E-state index in [2.05, 4.69) is 9.97 Å². The van der Waals surface area contributed by atoms with E-state index in [1.807, 2.05) is 61.9 Å². The van der Waals surface area contributed by atoms with E-state index in [1.165, 1.54) is 6.33 Å². The molecule has 3 aromatic rings. The van der Waals surface area contributed by atoms with Crippen LogP contribution in [0.3, 0.4) is 0 Å². The summed E-state index contributed by atoms with van der Waals surface area (Å²) in [6.45, 7) is 5.65. The van der Waals surface area contributed by atoms with E-state index in [4.69, 9.17) is 25.8 Å². The minimum absolute atomic E-state index is 0.132. The molecule has 7 nitrogen and oxygen atoms in total. The van der Waals surface area contributed by atoms with Gasteiger partial charge in [-0.15, -0.1) is 0 Å². The maximum absolute atomic E-state index is 13.2. The maximum atomic E-state index is 13.2. The van der Waals surface area contributed by atoms with Gasteiger partial charge < -0.3 is 18.8 Å². The predicted octanol–water partition coefficient (Wildman–Crippen LogP) is 3.69. The lowest BCUT2D eigenvalue weighted by atomic mass is 10.00. The topological polar surface area (TPSA) is 75.5 Å². The van der Waals surface area contributed by atoms with E-state index in [0.717, 1.165) is 5.56 Å². The molecule has 0 aliphatic carbocycles. The summed E-state index contributed by atoms with van der Waals surface area (Å²) >= 11 is 6.19. The van der Waals surface area contributed by atoms with Crippen molar-refractivity contribution in [3.63, 3.8) is 0 Å². The maximum Gasteiger partial charge on any atom is 0.194 e. The lowest BCUT2D eigenvalue weighted by molar-refractivity contribution is -0.190. The number of hydrogen-bond acceptors (Lipinski definition) is 6. The Labute approximate surface area is 172 Å². The lowest BCUT2D eigenvalue weighted by Gasteiger charge is -2.24. The SMILES string of the molecule is Cc1ccc(C(=O)[C@H]2O[C@@H](n3ccc4c(Cl)ncnc43)[C@@H]3OC(C)(C)O[C@@H]32)cc1. The highest BCUT2D eigenvalue weighted by Gasteiger charge is 2.58. The lowest BCUT2D eigenvalue weighted by Crippen LogP contribution is -2.35. The van der Waals surface area contributed by atoms with Crippen LogP contribution >= 0.6 is 11.6 Å². The molecule has 0 N–H and O–H groups in total. The van der Waals surface area contributed by atoms with Gasteiger partial charge in [-0.25, -0.2) is 9.97 Å². The molecule has 1 aromatic carbocycles. The molecule has 5 rings (SSSR count). The number of aryl methyl sites for hydroxylation is 1. The van der Waals surface area contributed by atoms with Crippen LogP contribution in [0.1, 0.15) is 36.0 Å². The third kappa shape index (κ3) is 3.05. The summed E-state index contributed by atoms with van der Waals surface area (Å²) in [5.41, 5.74) is 2.28. The zero-order valence-corrected chi connectivity index (χ0v) is 17.0. The Hall–Kier alpha value is -2.32. The highest BCUT2D eigenvalue weighted by Crippen LogP contribution is 2.44. The Balaban J connectivity index is 1.54. The van der Waals surface area contributed by atoms with Crippen LogP contribution in [-0.2, 0) is 14.2 Å². The van der Waals surface area contributed by atoms with Crippen LogP contribution in [0.5, 0.6) is 0 Å². The molecule has 150 valence electrons. The van der Waals surface area contributed by atoms with Gasteiger partial charge in [0.15, 0.2) is 23.9 Å². The van der Waals surface area contributed by atoms with E-state index < -0.39 is 30.3 Å². The first-order valence-electron chi connectivity index (χ1n) is 9.43. The number of ketones is 1. The molecule has 4 atom stereocenters. The summed E-state index contributed by atoms with van der Waals surface area (Å²) in [4.78, 5) is 21.6. The third-order valence-electron chi connectivity index (χ3n) is 5.36. The van der Waals surface area contributed by atoms with Gasteiger partial charge in [0.2, 0.25) is 0 Å². The summed E-state index contributed by atoms with van der Waals surface area (Å²) in [6.07, 6.45) is 0.861. The summed E-state index contributed by atoms with van der Waals surface area (Å²) in [5, 5.41) is 1.07. The van der Waals surface area contributed by atoms with Gasteiger partial charge in [0, 0.05) is 11.8 Å².